The van der Waals surface area contributed by atoms with E-state index in [1.807, 2.05) is 30.3 Å². The lowest BCUT2D eigenvalue weighted by atomic mass is 10.4. The summed E-state index contributed by atoms with van der Waals surface area (Å²) in [5.41, 5.74) is 6.19. The van der Waals surface area contributed by atoms with Gasteiger partial charge in [-0.05, 0) is 19.1 Å². The Balaban J connectivity index is 1.96. The van der Waals surface area contributed by atoms with Gasteiger partial charge in [0.15, 0.2) is 5.82 Å². The second kappa shape index (κ2) is 6.50. The van der Waals surface area contributed by atoms with Crippen LogP contribution in [0.3, 0.4) is 0 Å². The van der Waals surface area contributed by atoms with Crippen LogP contribution in [0.25, 0.3) is 0 Å². The van der Waals surface area contributed by atoms with Crippen molar-refractivity contribution in [3.8, 4) is 0 Å². The number of nitrogens with zero attached hydrogens (tertiary/aromatic N) is 2. The standard InChI is InChI=1S/C13H18N4O2S2/c1-10-12(13(14)16-17(10)2)21(18,19)15-8-9-20-11-6-4-3-5-7-11/h3-7,15H,8-9H2,1-2H3,(H2,14,16). The maximum atomic E-state index is 12.2. The van der Waals surface area contributed by atoms with Crippen LogP contribution in [-0.4, -0.2) is 30.5 Å². The van der Waals surface area contributed by atoms with E-state index in [0.29, 0.717) is 18.0 Å². The van der Waals surface area contributed by atoms with E-state index >= 15 is 0 Å². The summed E-state index contributed by atoms with van der Waals surface area (Å²) < 4.78 is 28.5. The second-order valence-electron chi connectivity index (χ2n) is 4.48. The van der Waals surface area contributed by atoms with Crippen LogP contribution in [0.4, 0.5) is 5.82 Å². The maximum Gasteiger partial charge on any atom is 0.246 e. The first-order valence-electron chi connectivity index (χ1n) is 6.38. The minimum absolute atomic E-state index is 0.0261. The highest BCUT2D eigenvalue weighted by molar-refractivity contribution is 7.99. The highest BCUT2D eigenvalue weighted by atomic mass is 32.2. The highest BCUT2D eigenvalue weighted by Crippen LogP contribution is 2.21. The predicted molar refractivity (Wildman–Crippen MR) is 84.7 cm³/mol. The van der Waals surface area contributed by atoms with Crippen LogP contribution in [0.5, 0.6) is 0 Å². The number of rotatable bonds is 6. The number of thioether (sulfide) groups is 1. The van der Waals surface area contributed by atoms with Gasteiger partial charge in [-0.15, -0.1) is 11.8 Å². The van der Waals surface area contributed by atoms with Crippen molar-refractivity contribution in [3.63, 3.8) is 0 Å². The lowest BCUT2D eigenvalue weighted by molar-refractivity contribution is 0.583. The summed E-state index contributed by atoms with van der Waals surface area (Å²) in [6.45, 7) is 2.01. The quantitative estimate of drug-likeness (QED) is 0.618. The Bertz CT molecular complexity index is 711. The Morgan fingerprint density at radius 1 is 1.33 bits per heavy atom. The van der Waals surface area contributed by atoms with Crippen molar-refractivity contribution in [1.82, 2.24) is 14.5 Å². The molecule has 6 nitrogen and oxygen atoms in total. The van der Waals surface area contributed by atoms with E-state index in [1.165, 1.54) is 4.68 Å². The SMILES string of the molecule is Cc1c(S(=O)(=O)NCCSc2ccccc2)c(N)nn1C. The van der Waals surface area contributed by atoms with E-state index in [0.717, 1.165) is 4.90 Å². The largest absolute Gasteiger partial charge is 0.381 e. The molecule has 0 saturated carbocycles. The molecule has 114 valence electrons. The van der Waals surface area contributed by atoms with Gasteiger partial charge in [0.25, 0.3) is 0 Å². The molecular formula is C13H18N4O2S2. The number of aryl methyl sites for hydroxylation is 1. The van der Waals surface area contributed by atoms with Crippen LogP contribution >= 0.6 is 11.8 Å². The van der Waals surface area contributed by atoms with Crippen molar-refractivity contribution in [2.24, 2.45) is 7.05 Å². The molecule has 8 heteroatoms. The molecule has 0 fully saturated rings. The monoisotopic (exact) mass is 326 g/mol. The van der Waals surface area contributed by atoms with Gasteiger partial charge in [-0.1, -0.05) is 18.2 Å². The number of nitrogen functional groups attached to an aromatic ring is 1. The third kappa shape index (κ3) is 3.78. The summed E-state index contributed by atoms with van der Waals surface area (Å²) in [5, 5.41) is 3.92. The van der Waals surface area contributed by atoms with Gasteiger partial charge in [-0.3, -0.25) is 4.68 Å². The van der Waals surface area contributed by atoms with Gasteiger partial charge in [0, 0.05) is 24.2 Å². The molecule has 0 aliphatic rings. The van der Waals surface area contributed by atoms with Crippen LogP contribution in [0.15, 0.2) is 40.1 Å². The first kappa shape index (κ1) is 15.9. The maximum absolute atomic E-state index is 12.2. The Morgan fingerprint density at radius 2 is 2.00 bits per heavy atom. The Morgan fingerprint density at radius 3 is 2.57 bits per heavy atom. The van der Waals surface area contributed by atoms with Gasteiger partial charge in [0.05, 0.1) is 5.69 Å². The van der Waals surface area contributed by atoms with E-state index in [4.69, 9.17) is 5.73 Å². The molecule has 1 aromatic carbocycles. The smallest absolute Gasteiger partial charge is 0.246 e. The van der Waals surface area contributed by atoms with Crippen molar-refractivity contribution < 1.29 is 8.42 Å². The van der Waals surface area contributed by atoms with E-state index in [1.54, 1.807) is 25.7 Å². The molecule has 0 amide bonds. The number of benzene rings is 1. The molecule has 21 heavy (non-hydrogen) atoms. The number of nitrogens with one attached hydrogen (secondary N) is 1. The number of hydrogen-bond acceptors (Lipinski definition) is 5. The fourth-order valence-corrected chi connectivity index (χ4v) is 4.15. The summed E-state index contributed by atoms with van der Waals surface area (Å²) in [6, 6.07) is 9.82. The van der Waals surface area contributed by atoms with E-state index in [-0.39, 0.29) is 10.7 Å². The molecule has 0 aliphatic carbocycles. The lowest BCUT2D eigenvalue weighted by Crippen LogP contribution is -2.27. The minimum Gasteiger partial charge on any atom is -0.381 e. The molecule has 0 spiro atoms. The molecule has 2 aromatic rings. The molecule has 0 bridgehead atoms. The number of nitrogens with two attached hydrogens (primary N) is 1. The van der Waals surface area contributed by atoms with Gasteiger partial charge in [0.1, 0.15) is 4.90 Å². The zero-order chi connectivity index (χ0) is 15.5. The van der Waals surface area contributed by atoms with Crippen LogP contribution in [0.1, 0.15) is 5.69 Å². The summed E-state index contributed by atoms with van der Waals surface area (Å²) in [7, 11) is -1.96. The topological polar surface area (TPSA) is 90.0 Å². The first-order chi connectivity index (χ1) is 9.92. The molecule has 0 radical (unpaired) electrons. The van der Waals surface area contributed by atoms with Crippen molar-refractivity contribution in [1.29, 1.82) is 0 Å². The first-order valence-corrected chi connectivity index (χ1v) is 8.85. The molecular weight excluding hydrogens is 308 g/mol. The van der Waals surface area contributed by atoms with Crippen LogP contribution in [0.2, 0.25) is 0 Å². The third-order valence-corrected chi connectivity index (χ3v) is 5.62. The average Bonchev–Trinajstić information content (AvgIpc) is 2.70. The van der Waals surface area contributed by atoms with Gasteiger partial charge in [0.2, 0.25) is 10.0 Å². The number of sulfonamides is 1. The molecule has 0 aliphatic heterocycles. The van der Waals surface area contributed by atoms with E-state index in [2.05, 4.69) is 9.82 Å². The van der Waals surface area contributed by atoms with Crippen molar-refractivity contribution >= 4 is 27.6 Å². The fraction of sp³-hybridized carbons (Fsp3) is 0.308. The third-order valence-electron chi connectivity index (χ3n) is 2.98. The predicted octanol–water partition coefficient (Wildman–Crippen LogP) is 1.38. The normalized spacial score (nSPS) is 11.7. The molecule has 0 saturated heterocycles. The van der Waals surface area contributed by atoms with Crippen LogP contribution < -0.4 is 10.5 Å². The lowest BCUT2D eigenvalue weighted by Gasteiger charge is -2.07. The molecule has 0 atom stereocenters. The van der Waals surface area contributed by atoms with E-state index in [9.17, 15) is 8.42 Å². The summed E-state index contributed by atoms with van der Waals surface area (Å²) in [4.78, 5) is 1.17. The van der Waals surface area contributed by atoms with Crippen LogP contribution in [-0.2, 0) is 17.1 Å². The van der Waals surface area contributed by atoms with Crippen molar-refractivity contribution in [3.05, 3.63) is 36.0 Å². The summed E-state index contributed by atoms with van der Waals surface area (Å²) >= 11 is 1.59. The van der Waals surface area contributed by atoms with Crippen LogP contribution in [0, 0.1) is 6.92 Å². The highest BCUT2D eigenvalue weighted by Gasteiger charge is 2.23. The molecule has 1 heterocycles. The van der Waals surface area contributed by atoms with Gasteiger partial charge < -0.3 is 5.73 Å². The van der Waals surface area contributed by atoms with E-state index < -0.39 is 10.0 Å². The molecule has 0 unspecified atom stereocenters. The Labute approximate surface area is 128 Å². The molecule has 2 rings (SSSR count). The van der Waals surface area contributed by atoms with Gasteiger partial charge >= 0.3 is 0 Å². The fourth-order valence-electron chi connectivity index (χ4n) is 1.88. The number of anilines is 1. The van der Waals surface area contributed by atoms with Gasteiger partial charge in [-0.2, -0.15) is 5.10 Å². The summed E-state index contributed by atoms with van der Waals surface area (Å²) in [6.07, 6.45) is 0. The zero-order valence-corrected chi connectivity index (χ0v) is 13.5. The second-order valence-corrected chi connectivity index (χ2v) is 7.35. The minimum atomic E-state index is -3.63. The number of hydrogen-bond donors (Lipinski definition) is 2. The number of aromatic nitrogens is 2. The molecule has 3 N–H and O–H groups in total. The Hall–Kier alpha value is -1.51. The molecule has 1 aromatic heterocycles. The zero-order valence-electron chi connectivity index (χ0n) is 11.9. The van der Waals surface area contributed by atoms with Crippen molar-refractivity contribution in [2.75, 3.05) is 18.0 Å². The van der Waals surface area contributed by atoms with Gasteiger partial charge in [-0.25, -0.2) is 13.1 Å². The van der Waals surface area contributed by atoms with Crippen molar-refractivity contribution in [2.45, 2.75) is 16.7 Å². The average molecular weight is 326 g/mol. The summed E-state index contributed by atoms with van der Waals surface area (Å²) in [5.74, 6) is 0.667. The Kier molecular flexibility index (Phi) is 4.92.